The van der Waals surface area contributed by atoms with Gasteiger partial charge in [-0.3, -0.25) is 4.79 Å². The zero-order valence-electron chi connectivity index (χ0n) is 15.3. The van der Waals surface area contributed by atoms with E-state index in [1.54, 1.807) is 6.08 Å². The molecule has 4 nitrogen and oxygen atoms in total. The molecule has 25 heavy (non-hydrogen) atoms. The monoisotopic (exact) mass is 342 g/mol. The lowest BCUT2D eigenvalue weighted by molar-refractivity contribution is -0.127. The van der Waals surface area contributed by atoms with E-state index in [1.807, 2.05) is 42.2 Å². The summed E-state index contributed by atoms with van der Waals surface area (Å²) in [6.45, 7) is 6.90. The number of ether oxygens (including phenoxy) is 1. The highest BCUT2D eigenvalue weighted by molar-refractivity contribution is 5.91. The smallest absolute Gasteiger partial charge is 0.246 e. The molecule has 0 N–H and O–H groups in total. The number of hydrogen-bond acceptors (Lipinski definition) is 3. The summed E-state index contributed by atoms with van der Waals surface area (Å²) in [4.78, 5) is 17.1. The summed E-state index contributed by atoms with van der Waals surface area (Å²) in [5, 5.41) is 0. The maximum absolute atomic E-state index is 12.4. The van der Waals surface area contributed by atoms with E-state index in [2.05, 4.69) is 4.90 Å². The Bertz CT molecular complexity index is 568. The van der Waals surface area contributed by atoms with Crippen molar-refractivity contribution >= 4 is 12.0 Å². The summed E-state index contributed by atoms with van der Waals surface area (Å²) in [6, 6.07) is 8.53. The summed E-state index contributed by atoms with van der Waals surface area (Å²) in [5.74, 6) is 0.997. The second-order valence-electron chi connectivity index (χ2n) is 6.99. The van der Waals surface area contributed by atoms with E-state index in [0.717, 1.165) is 37.2 Å². The SMILES string of the molecule is CCOc1ccc(C=CC(=O)N2CCC(N3CCCCC3)CC2)cc1. The van der Waals surface area contributed by atoms with Crippen LogP contribution in [-0.2, 0) is 4.79 Å². The Hall–Kier alpha value is -1.81. The van der Waals surface area contributed by atoms with E-state index in [4.69, 9.17) is 4.74 Å². The van der Waals surface area contributed by atoms with E-state index < -0.39 is 0 Å². The van der Waals surface area contributed by atoms with E-state index in [-0.39, 0.29) is 5.91 Å². The fourth-order valence-corrected chi connectivity index (χ4v) is 3.85. The van der Waals surface area contributed by atoms with Crippen molar-refractivity contribution in [1.29, 1.82) is 0 Å². The first kappa shape index (κ1) is 18.0. The molecule has 136 valence electrons. The first-order valence-corrected chi connectivity index (χ1v) is 9.70. The number of amides is 1. The molecule has 1 amide bonds. The van der Waals surface area contributed by atoms with E-state index in [0.29, 0.717) is 12.6 Å². The molecule has 2 aliphatic rings. The second kappa shape index (κ2) is 9.04. The molecule has 1 aromatic carbocycles. The van der Waals surface area contributed by atoms with Crippen molar-refractivity contribution in [1.82, 2.24) is 9.80 Å². The molecule has 0 aliphatic carbocycles. The largest absolute Gasteiger partial charge is 0.494 e. The van der Waals surface area contributed by atoms with Gasteiger partial charge in [-0.25, -0.2) is 0 Å². The summed E-state index contributed by atoms with van der Waals surface area (Å²) in [5.41, 5.74) is 1.03. The summed E-state index contributed by atoms with van der Waals surface area (Å²) in [6.07, 6.45) is 9.88. The zero-order valence-corrected chi connectivity index (χ0v) is 15.3. The Morgan fingerprint density at radius 1 is 1.08 bits per heavy atom. The van der Waals surface area contributed by atoms with Gasteiger partial charge in [-0.1, -0.05) is 18.6 Å². The molecule has 1 aromatic rings. The third-order valence-corrected chi connectivity index (χ3v) is 5.29. The van der Waals surface area contributed by atoms with Gasteiger partial charge < -0.3 is 14.5 Å². The van der Waals surface area contributed by atoms with Crippen molar-refractivity contribution in [2.24, 2.45) is 0 Å². The lowest BCUT2D eigenvalue weighted by Gasteiger charge is -2.40. The third kappa shape index (κ3) is 5.08. The van der Waals surface area contributed by atoms with Crippen molar-refractivity contribution < 1.29 is 9.53 Å². The van der Waals surface area contributed by atoms with E-state index in [9.17, 15) is 4.79 Å². The molecule has 0 aromatic heterocycles. The molecular weight excluding hydrogens is 312 g/mol. The van der Waals surface area contributed by atoms with Gasteiger partial charge in [-0.15, -0.1) is 0 Å². The number of hydrogen-bond donors (Lipinski definition) is 0. The molecule has 2 aliphatic heterocycles. The third-order valence-electron chi connectivity index (χ3n) is 5.29. The summed E-state index contributed by atoms with van der Waals surface area (Å²) < 4.78 is 5.44. The highest BCUT2D eigenvalue weighted by Gasteiger charge is 2.26. The lowest BCUT2D eigenvalue weighted by atomic mass is 10.00. The Balaban J connectivity index is 1.47. The zero-order chi connectivity index (χ0) is 17.5. The van der Waals surface area contributed by atoms with Gasteiger partial charge in [0.25, 0.3) is 0 Å². The molecule has 3 rings (SSSR count). The first-order chi connectivity index (χ1) is 12.3. The van der Waals surface area contributed by atoms with Crippen molar-refractivity contribution in [2.45, 2.75) is 45.1 Å². The van der Waals surface area contributed by atoms with Crippen molar-refractivity contribution in [3.8, 4) is 5.75 Å². The van der Waals surface area contributed by atoms with Crippen LogP contribution in [0.3, 0.4) is 0 Å². The molecule has 0 spiro atoms. The van der Waals surface area contributed by atoms with Gasteiger partial charge in [0.1, 0.15) is 5.75 Å². The first-order valence-electron chi connectivity index (χ1n) is 9.70. The average Bonchev–Trinajstić information content (AvgIpc) is 2.68. The molecule has 2 saturated heterocycles. The van der Waals surface area contributed by atoms with Crippen LogP contribution in [0.4, 0.5) is 0 Å². The van der Waals surface area contributed by atoms with Gasteiger partial charge >= 0.3 is 0 Å². The predicted molar refractivity (Wildman–Crippen MR) is 102 cm³/mol. The molecule has 2 heterocycles. The van der Waals surface area contributed by atoms with Crippen molar-refractivity contribution in [3.63, 3.8) is 0 Å². The van der Waals surface area contributed by atoms with Gasteiger partial charge in [-0.05, 0) is 69.5 Å². The normalized spacial score (nSPS) is 20.1. The average molecular weight is 342 g/mol. The van der Waals surface area contributed by atoms with Crippen LogP contribution < -0.4 is 4.74 Å². The van der Waals surface area contributed by atoms with Gasteiger partial charge in [0.2, 0.25) is 5.91 Å². The van der Waals surface area contributed by atoms with Crippen molar-refractivity contribution in [2.75, 3.05) is 32.8 Å². The quantitative estimate of drug-likeness (QED) is 0.767. The summed E-state index contributed by atoms with van der Waals surface area (Å²) >= 11 is 0. The van der Waals surface area contributed by atoms with Crippen LogP contribution in [0.25, 0.3) is 6.08 Å². The highest BCUT2D eigenvalue weighted by atomic mass is 16.5. The Labute approximate surface area is 151 Å². The Morgan fingerprint density at radius 2 is 1.76 bits per heavy atom. The van der Waals surface area contributed by atoms with E-state index in [1.165, 1.54) is 32.4 Å². The highest BCUT2D eigenvalue weighted by Crippen LogP contribution is 2.21. The molecule has 0 radical (unpaired) electrons. The second-order valence-corrected chi connectivity index (χ2v) is 6.99. The minimum atomic E-state index is 0.131. The number of carbonyl (C=O) groups is 1. The minimum Gasteiger partial charge on any atom is -0.494 e. The fraction of sp³-hybridized carbons (Fsp3) is 0.571. The number of piperidine rings is 2. The number of carbonyl (C=O) groups excluding carboxylic acids is 1. The predicted octanol–water partition coefficient (Wildman–Crippen LogP) is 3.58. The van der Waals surface area contributed by atoms with Gasteiger partial charge in [0.15, 0.2) is 0 Å². The van der Waals surface area contributed by atoms with Gasteiger partial charge in [-0.2, -0.15) is 0 Å². The number of likely N-dealkylation sites (tertiary alicyclic amines) is 2. The van der Waals surface area contributed by atoms with Crippen molar-refractivity contribution in [3.05, 3.63) is 35.9 Å². The van der Waals surface area contributed by atoms with Crippen LogP contribution in [0.2, 0.25) is 0 Å². The Kier molecular flexibility index (Phi) is 6.51. The van der Waals surface area contributed by atoms with Crippen LogP contribution in [0.1, 0.15) is 44.6 Å². The molecule has 4 heteroatoms. The summed E-state index contributed by atoms with van der Waals surface area (Å²) in [7, 11) is 0. The maximum atomic E-state index is 12.4. The molecular formula is C21H30N2O2. The van der Waals surface area contributed by atoms with Crippen LogP contribution >= 0.6 is 0 Å². The molecule has 0 saturated carbocycles. The standard InChI is InChI=1S/C21H30N2O2/c1-2-25-20-9-6-18(7-10-20)8-11-21(24)23-16-12-19(13-17-23)22-14-4-3-5-15-22/h6-11,19H,2-5,12-17H2,1H3. The Morgan fingerprint density at radius 3 is 2.40 bits per heavy atom. The van der Waals surface area contributed by atoms with Crippen LogP contribution in [-0.4, -0.2) is 54.5 Å². The molecule has 0 atom stereocenters. The van der Waals surface area contributed by atoms with Crippen LogP contribution in [0, 0.1) is 0 Å². The minimum absolute atomic E-state index is 0.131. The molecule has 0 unspecified atom stereocenters. The molecule has 2 fully saturated rings. The van der Waals surface area contributed by atoms with Gasteiger partial charge in [0.05, 0.1) is 6.61 Å². The maximum Gasteiger partial charge on any atom is 0.246 e. The van der Waals surface area contributed by atoms with E-state index >= 15 is 0 Å². The number of nitrogens with zero attached hydrogens (tertiary/aromatic N) is 2. The lowest BCUT2D eigenvalue weighted by Crippen LogP contribution is -2.47. The number of rotatable bonds is 5. The fourth-order valence-electron chi connectivity index (χ4n) is 3.85. The number of benzene rings is 1. The topological polar surface area (TPSA) is 32.8 Å². The molecule has 0 bridgehead atoms. The van der Waals surface area contributed by atoms with Gasteiger partial charge in [0, 0.05) is 25.2 Å². The van der Waals surface area contributed by atoms with Crippen LogP contribution in [0.5, 0.6) is 5.75 Å². The van der Waals surface area contributed by atoms with Crippen LogP contribution in [0.15, 0.2) is 30.3 Å².